The highest BCUT2D eigenvalue weighted by atomic mass is 79.9. The topological polar surface area (TPSA) is 64.1 Å². The number of aliphatic hydroxyl groups excluding tert-OH is 1. The van der Waals surface area contributed by atoms with Crippen molar-refractivity contribution in [3.05, 3.63) is 28.5 Å². The van der Waals surface area contributed by atoms with Gasteiger partial charge in [-0.2, -0.15) is 0 Å². The normalized spacial score (nSPS) is 10.3. The first kappa shape index (κ1) is 15.1. The Morgan fingerprint density at radius 2 is 2.11 bits per heavy atom. The van der Waals surface area contributed by atoms with Crippen molar-refractivity contribution in [1.29, 1.82) is 0 Å². The van der Waals surface area contributed by atoms with Gasteiger partial charge in [0, 0.05) is 17.4 Å². The number of nitrogens with two attached hydrogens (primary N) is 1. The van der Waals surface area contributed by atoms with Gasteiger partial charge in [-0.3, -0.25) is 0 Å². The fraction of sp³-hybridized carbons (Fsp3) is 0.462. The number of hydrogen-bond donors (Lipinski definition) is 2. The Morgan fingerprint density at radius 3 is 2.72 bits per heavy atom. The van der Waals surface area contributed by atoms with Gasteiger partial charge < -0.3 is 15.4 Å². The lowest BCUT2D eigenvalue weighted by molar-refractivity contribution is 0.276. The third-order valence-electron chi connectivity index (χ3n) is 2.48. The Kier molecular flexibility index (Phi) is 6.32. The quantitative estimate of drug-likeness (QED) is 0.910. The molecule has 2 rings (SSSR count). The summed E-state index contributed by atoms with van der Waals surface area (Å²) in [5.41, 5.74) is 7.53. The summed E-state index contributed by atoms with van der Waals surface area (Å²) in [6.45, 7) is 5.24. The number of imidazole rings is 1. The van der Waals surface area contributed by atoms with E-state index in [0.717, 1.165) is 27.8 Å². The zero-order chi connectivity index (χ0) is 13.5. The molecule has 0 fully saturated rings. The first-order valence-corrected chi connectivity index (χ1v) is 7.01. The predicted molar refractivity (Wildman–Crippen MR) is 78.6 cm³/mol. The molecule has 0 amide bonds. The number of nitrogens with zero attached hydrogens (tertiary/aromatic N) is 2. The molecule has 0 bridgehead atoms. The van der Waals surface area contributed by atoms with E-state index in [1.807, 2.05) is 36.6 Å². The molecule has 1 heterocycles. The highest BCUT2D eigenvalue weighted by molar-refractivity contribution is 9.10. The number of rotatable bonds is 4. The van der Waals surface area contributed by atoms with E-state index < -0.39 is 0 Å². The number of fused-ring (bicyclic) bond motifs is 1. The first-order valence-electron chi connectivity index (χ1n) is 6.22. The maximum Gasteiger partial charge on any atom is 0.111 e. The number of aromatic nitrogens is 2. The van der Waals surface area contributed by atoms with E-state index in [0.29, 0.717) is 13.1 Å². The standard InChI is InChI=1S/C11H14BrN3O.C2H6/c12-8-1-2-10-9(7-8)14-11(3-4-13)15(10)5-6-16;1-2/h1-2,7,16H,3-6,13H2;1-2H3. The average Bonchev–Trinajstić information content (AvgIpc) is 2.70. The van der Waals surface area contributed by atoms with Crippen LogP contribution in [0.4, 0.5) is 0 Å². The van der Waals surface area contributed by atoms with Crippen LogP contribution < -0.4 is 5.73 Å². The minimum absolute atomic E-state index is 0.110. The van der Waals surface area contributed by atoms with Crippen LogP contribution in [0.3, 0.4) is 0 Å². The van der Waals surface area contributed by atoms with Crippen LogP contribution in [0.5, 0.6) is 0 Å². The number of benzene rings is 1. The molecular formula is C13H20BrN3O. The first-order chi connectivity index (χ1) is 8.76. The second-order valence-electron chi connectivity index (χ2n) is 3.57. The maximum absolute atomic E-state index is 9.06. The number of halogens is 1. The van der Waals surface area contributed by atoms with Crippen molar-refractivity contribution in [3.8, 4) is 0 Å². The smallest absolute Gasteiger partial charge is 0.111 e. The molecule has 1 aromatic carbocycles. The summed E-state index contributed by atoms with van der Waals surface area (Å²) in [7, 11) is 0. The summed E-state index contributed by atoms with van der Waals surface area (Å²) in [6, 6.07) is 5.95. The zero-order valence-corrected chi connectivity index (χ0v) is 12.4. The van der Waals surface area contributed by atoms with Crippen LogP contribution >= 0.6 is 15.9 Å². The summed E-state index contributed by atoms with van der Waals surface area (Å²) < 4.78 is 3.03. The Bertz CT molecular complexity index is 496. The van der Waals surface area contributed by atoms with Crippen LogP contribution in [-0.4, -0.2) is 27.8 Å². The van der Waals surface area contributed by atoms with Gasteiger partial charge in [-0.25, -0.2) is 4.98 Å². The van der Waals surface area contributed by atoms with Crippen LogP contribution in [0.1, 0.15) is 19.7 Å². The monoisotopic (exact) mass is 313 g/mol. The molecular weight excluding hydrogens is 294 g/mol. The number of aliphatic hydroxyl groups is 1. The summed E-state index contributed by atoms with van der Waals surface area (Å²) in [5.74, 6) is 0.935. The van der Waals surface area contributed by atoms with Gasteiger partial charge in [0.05, 0.1) is 17.6 Å². The molecule has 5 heteroatoms. The lowest BCUT2D eigenvalue weighted by atomic mass is 10.3. The molecule has 0 aliphatic heterocycles. The average molecular weight is 314 g/mol. The van der Waals surface area contributed by atoms with E-state index >= 15 is 0 Å². The minimum atomic E-state index is 0.110. The molecule has 0 unspecified atom stereocenters. The Hall–Kier alpha value is -0.910. The van der Waals surface area contributed by atoms with Crippen molar-refractivity contribution in [2.45, 2.75) is 26.8 Å². The van der Waals surface area contributed by atoms with Gasteiger partial charge in [-0.05, 0) is 24.7 Å². The van der Waals surface area contributed by atoms with E-state index in [9.17, 15) is 0 Å². The third kappa shape index (κ3) is 3.31. The van der Waals surface area contributed by atoms with Gasteiger partial charge in [0.2, 0.25) is 0 Å². The van der Waals surface area contributed by atoms with Crippen molar-refractivity contribution >= 4 is 27.0 Å². The van der Waals surface area contributed by atoms with E-state index in [-0.39, 0.29) is 6.61 Å². The van der Waals surface area contributed by atoms with Crippen molar-refractivity contribution in [2.75, 3.05) is 13.2 Å². The Balaban J connectivity index is 0.000000771. The Labute approximate surface area is 116 Å². The van der Waals surface area contributed by atoms with Crippen LogP contribution in [0.25, 0.3) is 11.0 Å². The highest BCUT2D eigenvalue weighted by Gasteiger charge is 2.09. The molecule has 100 valence electrons. The molecule has 0 aliphatic carbocycles. The largest absolute Gasteiger partial charge is 0.395 e. The molecule has 0 spiro atoms. The molecule has 3 N–H and O–H groups in total. The summed E-state index contributed by atoms with van der Waals surface area (Å²) in [6.07, 6.45) is 0.728. The second kappa shape index (κ2) is 7.51. The fourth-order valence-electron chi connectivity index (χ4n) is 1.82. The van der Waals surface area contributed by atoms with Gasteiger partial charge in [0.25, 0.3) is 0 Å². The van der Waals surface area contributed by atoms with E-state index in [1.54, 1.807) is 0 Å². The van der Waals surface area contributed by atoms with Gasteiger partial charge in [0.15, 0.2) is 0 Å². The molecule has 0 saturated heterocycles. The molecule has 0 atom stereocenters. The second-order valence-corrected chi connectivity index (χ2v) is 4.49. The van der Waals surface area contributed by atoms with Gasteiger partial charge >= 0.3 is 0 Å². The third-order valence-corrected chi connectivity index (χ3v) is 2.97. The van der Waals surface area contributed by atoms with E-state index in [1.165, 1.54) is 0 Å². The van der Waals surface area contributed by atoms with Crippen LogP contribution in [0.2, 0.25) is 0 Å². The highest BCUT2D eigenvalue weighted by Crippen LogP contribution is 2.21. The molecule has 4 nitrogen and oxygen atoms in total. The van der Waals surface area contributed by atoms with Gasteiger partial charge in [-0.15, -0.1) is 0 Å². The SMILES string of the molecule is CC.NCCc1nc2cc(Br)ccc2n1CCO. The lowest BCUT2D eigenvalue weighted by Crippen LogP contribution is -2.11. The van der Waals surface area contributed by atoms with Crippen molar-refractivity contribution in [2.24, 2.45) is 5.73 Å². The van der Waals surface area contributed by atoms with Gasteiger partial charge in [-0.1, -0.05) is 29.8 Å². The van der Waals surface area contributed by atoms with Crippen LogP contribution in [0, 0.1) is 0 Å². The lowest BCUT2D eigenvalue weighted by Gasteiger charge is -2.05. The summed E-state index contributed by atoms with van der Waals surface area (Å²) in [5, 5.41) is 9.06. The predicted octanol–water partition coefficient (Wildman–Crippen LogP) is 2.32. The van der Waals surface area contributed by atoms with Crippen molar-refractivity contribution < 1.29 is 5.11 Å². The zero-order valence-electron chi connectivity index (χ0n) is 10.9. The van der Waals surface area contributed by atoms with Gasteiger partial charge in [0.1, 0.15) is 5.82 Å². The molecule has 0 aliphatic rings. The van der Waals surface area contributed by atoms with Crippen LogP contribution in [0.15, 0.2) is 22.7 Å². The maximum atomic E-state index is 9.06. The Morgan fingerprint density at radius 1 is 1.39 bits per heavy atom. The van der Waals surface area contributed by atoms with E-state index in [2.05, 4.69) is 20.9 Å². The molecule has 0 radical (unpaired) electrons. The molecule has 18 heavy (non-hydrogen) atoms. The molecule has 1 aromatic heterocycles. The fourth-order valence-corrected chi connectivity index (χ4v) is 2.17. The molecule has 0 saturated carbocycles. The summed E-state index contributed by atoms with van der Waals surface area (Å²) in [4.78, 5) is 4.52. The molecule has 2 aromatic rings. The summed E-state index contributed by atoms with van der Waals surface area (Å²) >= 11 is 3.42. The minimum Gasteiger partial charge on any atom is -0.395 e. The van der Waals surface area contributed by atoms with Crippen molar-refractivity contribution in [1.82, 2.24) is 9.55 Å². The van der Waals surface area contributed by atoms with E-state index in [4.69, 9.17) is 10.8 Å². The van der Waals surface area contributed by atoms with Crippen LogP contribution in [-0.2, 0) is 13.0 Å². The van der Waals surface area contributed by atoms with Crippen molar-refractivity contribution in [3.63, 3.8) is 0 Å². The number of hydrogen-bond acceptors (Lipinski definition) is 3.